The van der Waals surface area contributed by atoms with Crippen molar-refractivity contribution in [2.45, 2.75) is 39.3 Å². The second kappa shape index (κ2) is 7.12. The van der Waals surface area contributed by atoms with Gasteiger partial charge in [0, 0.05) is 12.1 Å². The maximum Gasteiger partial charge on any atom is 0.326 e. The molecule has 0 saturated heterocycles. The Kier molecular flexibility index (Phi) is 5.18. The number of hydrogen-bond donors (Lipinski definition) is 3. The molecule has 2 rings (SSSR count). The summed E-state index contributed by atoms with van der Waals surface area (Å²) >= 11 is 0. The lowest BCUT2D eigenvalue weighted by molar-refractivity contribution is -0.139. The molecule has 1 aromatic heterocycles. The van der Waals surface area contributed by atoms with Crippen LogP contribution in [0.15, 0.2) is 27.8 Å². The number of aliphatic carboxylic acids is 1. The van der Waals surface area contributed by atoms with Crippen molar-refractivity contribution in [3.63, 3.8) is 0 Å². The number of fused-ring (bicyclic) bond motifs is 1. The van der Waals surface area contributed by atoms with Crippen LogP contribution < -0.4 is 16.4 Å². The highest BCUT2D eigenvalue weighted by atomic mass is 16.4. The number of aromatic nitrogens is 2. The molecule has 1 heterocycles. The Morgan fingerprint density at radius 3 is 2.58 bits per heavy atom. The van der Waals surface area contributed by atoms with Crippen LogP contribution in [0, 0.1) is 0 Å². The molecule has 0 radical (unpaired) electrons. The summed E-state index contributed by atoms with van der Waals surface area (Å²) in [7, 11) is 0. The number of nitrogens with one attached hydrogen (secondary N) is 2. The van der Waals surface area contributed by atoms with E-state index < -0.39 is 29.0 Å². The van der Waals surface area contributed by atoms with Crippen molar-refractivity contribution in [1.29, 1.82) is 0 Å². The first-order valence-electron chi connectivity index (χ1n) is 7.69. The molecule has 2 aromatic rings. The van der Waals surface area contributed by atoms with E-state index >= 15 is 0 Å². The highest BCUT2D eigenvalue weighted by Gasteiger charge is 2.20. The van der Waals surface area contributed by atoms with E-state index in [0.29, 0.717) is 30.4 Å². The molecule has 0 fully saturated rings. The SMILES string of the molecule is CCCC(NC(=O)c1ccc2c(c1)[nH]c(=O)c(=O)n2CC)C(=O)O. The van der Waals surface area contributed by atoms with Gasteiger partial charge in [-0.1, -0.05) is 13.3 Å². The first kappa shape index (κ1) is 17.5. The maximum atomic E-state index is 12.2. The number of benzene rings is 1. The van der Waals surface area contributed by atoms with Gasteiger partial charge in [-0.2, -0.15) is 0 Å². The molecule has 1 unspecified atom stereocenters. The number of hydrogen-bond acceptors (Lipinski definition) is 4. The predicted octanol–water partition coefficient (Wildman–Crippen LogP) is 0.693. The third kappa shape index (κ3) is 3.37. The Morgan fingerprint density at radius 1 is 1.29 bits per heavy atom. The van der Waals surface area contributed by atoms with Gasteiger partial charge in [0.25, 0.3) is 5.91 Å². The van der Waals surface area contributed by atoms with Gasteiger partial charge in [0.05, 0.1) is 11.0 Å². The second-order valence-electron chi connectivity index (χ2n) is 5.39. The Hall–Kier alpha value is -2.90. The van der Waals surface area contributed by atoms with Crippen LogP contribution in [0.25, 0.3) is 11.0 Å². The van der Waals surface area contributed by atoms with Crippen molar-refractivity contribution in [1.82, 2.24) is 14.9 Å². The lowest BCUT2D eigenvalue weighted by Gasteiger charge is -2.14. The van der Waals surface area contributed by atoms with Gasteiger partial charge in [-0.3, -0.25) is 14.4 Å². The van der Waals surface area contributed by atoms with E-state index in [4.69, 9.17) is 5.11 Å². The number of carbonyl (C=O) groups is 2. The molecule has 1 atom stereocenters. The molecule has 0 saturated carbocycles. The van der Waals surface area contributed by atoms with Crippen molar-refractivity contribution >= 4 is 22.9 Å². The van der Waals surface area contributed by atoms with Gasteiger partial charge in [-0.15, -0.1) is 0 Å². The topological polar surface area (TPSA) is 121 Å². The molecule has 0 spiro atoms. The van der Waals surface area contributed by atoms with Crippen LogP contribution in [0.2, 0.25) is 0 Å². The summed E-state index contributed by atoms with van der Waals surface area (Å²) in [6, 6.07) is 3.51. The fourth-order valence-electron chi connectivity index (χ4n) is 2.52. The molecular weight excluding hydrogens is 314 g/mol. The highest BCUT2D eigenvalue weighted by molar-refractivity contribution is 5.99. The summed E-state index contributed by atoms with van der Waals surface area (Å²) in [6.45, 7) is 3.89. The fraction of sp³-hybridized carbons (Fsp3) is 0.375. The molecule has 8 nitrogen and oxygen atoms in total. The van der Waals surface area contributed by atoms with Gasteiger partial charge >= 0.3 is 17.1 Å². The van der Waals surface area contributed by atoms with Crippen molar-refractivity contribution < 1.29 is 14.7 Å². The zero-order chi connectivity index (χ0) is 17.9. The largest absolute Gasteiger partial charge is 0.480 e. The number of rotatable bonds is 6. The Balaban J connectivity index is 2.42. The smallest absolute Gasteiger partial charge is 0.326 e. The van der Waals surface area contributed by atoms with Gasteiger partial charge in [0.1, 0.15) is 6.04 Å². The summed E-state index contributed by atoms with van der Waals surface area (Å²) in [6.07, 6.45) is 0.936. The van der Waals surface area contributed by atoms with Crippen LogP contribution in [0.4, 0.5) is 0 Å². The van der Waals surface area contributed by atoms with Crippen molar-refractivity contribution in [3.8, 4) is 0 Å². The average Bonchev–Trinajstić information content (AvgIpc) is 2.55. The first-order valence-corrected chi connectivity index (χ1v) is 7.69. The minimum absolute atomic E-state index is 0.210. The van der Waals surface area contributed by atoms with Crippen LogP contribution in [0.3, 0.4) is 0 Å². The third-order valence-electron chi connectivity index (χ3n) is 3.73. The second-order valence-corrected chi connectivity index (χ2v) is 5.39. The summed E-state index contributed by atoms with van der Waals surface area (Å²) < 4.78 is 1.31. The first-order chi connectivity index (χ1) is 11.4. The Morgan fingerprint density at radius 2 is 2.00 bits per heavy atom. The van der Waals surface area contributed by atoms with Crippen molar-refractivity contribution in [2.24, 2.45) is 0 Å². The Labute approximate surface area is 137 Å². The lowest BCUT2D eigenvalue weighted by atomic mass is 10.1. The minimum atomic E-state index is -1.10. The number of aromatic amines is 1. The summed E-state index contributed by atoms with van der Waals surface area (Å²) in [5.41, 5.74) is -0.368. The lowest BCUT2D eigenvalue weighted by Crippen LogP contribution is -2.40. The zero-order valence-electron chi connectivity index (χ0n) is 13.5. The van der Waals surface area contributed by atoms with E-state index in [1.165, 1.54) is 16.7 Å². The fourth-order valence-corrected chi connectivity index (χ4v) is 2.52. The molecule has 1 aromatic carbocycles. The van der Waals surface area contributed by atoms with E-state index in [-0.39, 0.29) is 5.56 Å². The molecule has 0 bridgehead atoms. The molecule has 0 aliphatic rings. The van der Waals surface area contributed by atoms with Crippen LogP contribution in [0.1, 0.15) is 37.0 Å². The number of carboxylic acid groups (broad SMARTS) is 1. The highest BCUT2D eigenvalue weighted by Crippen LogP contribution is 2.12. The van der Waals surface area contributed by atoms with Crippen molar-refractivity contribution in [2.75, 3.05) is 0 Å². The summed E-state index contributed by atoms with van der Waals surface area (Å²) in [4.78, 5) is 49.3. The van der Waals surface area contributed by atoms with Crippen LogP contribution in [0.5, 0.6) is 0 Å². The molecular formula is C16H19N3O5. The zero-order valence-corrected chi connectivity index (χ0v) is 13.5. The molecule has 3 N–H and O–H groups in total. The van der Waals surface area contributed by atoms with Gasteiger partial charge in [0.2, 0.25) is 0 Å². The van der Waals surface area contributed by atoms with Gasteiger partial charge in [-0.25, -0.2) is 4.79 Å². The number of nitrogens with zero attached hydrogens (tertiary/aromatic N) is 1. The summed E-state index contributed by atoms with van der Waals surface area (Å²) in [5.74, 6) is -1.65. The summed E-state index contributed by atoms with van der Waals surface area (Å²) in [5, 5.41) is 11.6. The van der Waals surface area contributed by atoms with Crippen LogP contribution in [-0.2, 0) is 11.3 Å². The predicted molar refractivity (Wildman–Crippen MR) is 88.3 cm³/mol. The van der Waals surface area contributed by atoms with Crippen LogP contribution >= 0.6 is 0 Å². The normalized spacial score (nSPS) is 12.1. The van der Waals surface area contributed by atoms with E-state index in [1.54, 1.807) is 13.0 Å². The van der Waals surface area contributed by atoms with E-state index in [9.17, 15) is 19.2 Å². The molecule has 0 aliphatic heterocycles. The molecule has 0 aliphatic carbocycles. The quantitative estimate of drug-likeness (QED) is 0.672. The molecule has 1 amide bonds. The molecule has 128 valence electrons. The van der Waals surface area contributed by atoms with Crippen LogP contribution in [-0.4, -0.2) is 32.6 Å². The Bertz CT molecular complexity index is 897. The van der Waals surface area contributed by atoms with Gasteiger partial charge < -0.3 is 20.0 Å². The van der Waals surface area contributed by atoms with Gasteiger partial charge in [0.15, 0.2) is 0 Å². The number of carbonyl (C=O) groups excluding carboxylic acids is 1. The molecule has 24 heavy (non-hydrogen) atoms. The number of aryl methyl sites for hydroxylation is 1. The molecule has 8 heteroatoms. The monoisotopic (exact) mass is 333 g/mol. The third-order valence-corrected chi connectivity index (χ3v) is 3.73. The van der Waals surface area contributed by atoms with E-state index in [1.807, 2.05) is 6.92 Å². The maximum absolute atomic E-state index is 12.2. The number of H-pyrrole nitrogens is 1. The van der Waals surface area contributed by atoms with Crippen molar-refractivity contribution in [3.05, 3.63) is 44.5 Å². The standard InChI is InChI=1S/C16H19N3O5/c1-3-5-10(16(23)24)17-13(20)9-6-7-12-11(8-9)18-14(21)15(22)19(12)4-2/h6-8,10H,3-5H2,1-2H3,(H,17,20)(H,18,21)(H,23,24). The van der Waals surface area contributed by atoms with E-state index in [0.717, 1.165) is 0 Å². The van der Waals surface area contributed by atoms with E-state index in [2.05, 4.69) is 10.3 Å². The van der Waals surface area contributed by atoms with Gasteiger partial charge in [-0.05, 0) is 31.5 Å². The number of carboxylic acids is 1. The number of amides is 1. The average molecular weight is 333 g/mol. The minimum Gasteiger partial charge on any atom is -0.480 e.